The van der Waals surface area contributed by atoms with Gasteiger partial charge >= 0.3 is 0 Å². The summed E-state index contributed by atoms with van der Waals surface area (Å²) in [4.78, 5) is 38.4. The first kappa shape index (κ1) is 24.7. The van der Waals surface area contributed by atoms with Crippen LogP contribution in [0.2, 0.25) is 0 Å². The SMILES string of the molecule is CC(NC(=O)c1c(N)nn2cccnc12)c1nc2cccc(C#CCN(C)C)c2c(=O)n1-c1ccccc1. The number of hydrogen-bond donors (Lipinski definition) is 2. The van der Waals surface area contributed by atoms with E-state index in [4.69, 9.17) is 10.7 Å². The smallest absolute Gasteiger partial charge is 0.267 e. The summed E-state index contributed by atoms with van der Waals surface area (Å²) in [6.45, 7) is 2.32. The lowest BCUT2D eigenvalue weighted by Crippen LogP contribution is -2.33. The molecule has 3 N–H and O–H groups in total. The number of anilines is 1. The van der Waals surface area contributed by atoms with Gasteiger partial charge in [0.1, 0.15) is 11.4 Å². The summed E-state index contributed by atoms with van der Waals surface area (Å²) >= 11 is 0. The molecule has 0 bridgehead atoms. The standard InChI is InChI=1S/C28H26N8O2/c1-18(31-27(37)23-24(29)33-35-17-9-15-30-26(23)35)25-32-21-14-7-10-19(11-8-16-34(2)3)22(21)28(38)36(25)20-12-5-4-6-13-20/h4-7,9-10,12-15,17-18H,16H2,1-3H3,(H2,29,33)(H,31,37). The van der Waals surface area contributed by atoms with Crippen molar-refractivity contribution in [2.75, 3.05) is 26.4 Å². The highest BCUT2D eigenvalue weighted by Crippen LogP contribution is 2.22. The molecular formula is C28H26N8O2. The Morgan fingerprint density at radius 1 is 1.13 bits per heavy atom. The molecule has 0 radical (unpaired) electrons. The molecule has 1 atom stereocenters. The van der Waals surface area contributed by atoms with E-state index in [-0.39, 0.29) is 16.9 Å². The minimum atomic E-state index is -0.665. The summed E-state index contributed by atoms with van der Waals surface area (Å²) in [6, 6.07) is 15.6. The molecule has 190 valence electrons. The highest BCUT2D eigenvalue weighted by Gasteiger charge is 2.24. The van der Waals surface area contributed by atoms with Gasteiger partial charge in [-0.1, -0.05) is 36.1 Å². The topological polar surface area (TPSA) is 123 Å². The van der Waals surface area contributed by atoms with Crippen molar-refractivity contribution in [1.29, 1.82) is 0 Å². The zero-order valence-corrected chi connectivity index (χ0v) is 21.2. The predicted molar refractivity (Wildman–Crippen MR) is 146 cm³/mol. The van der Waals surface area contributed by atoms with Crippen LogP contribution in [-0.2, 0) is 0 Å². The number of para-hydroxylation sites is 1. The molecule has 0 saturated carbocycles. The van der Waals surface area contributed by atoms with Crippen molar-refractivity contribution < 1.29 is 4.79 Å². The average molecular weight is 507 g/mol. The Morgan fingerprint density at radius 3 is 2.68 bits per heavy atom. The Balaban J connectivity index is 1.63. The van der Waals surface area contributed by atoms with Gasteiger partial charge in [-0.25, -0.2) is 14.5 Å². The molecular weight excluding hydrogens is 480 g/mol. The third-order valence-corrected chi connectivity index (χ3v) is 5.94. The van der Waals surface area contributed by atoms with Gasteiger partial charge in [0, 0.05) is 18.0 Å². The summed E-state index contributed by atoms with van der Waals surface area (Å²) < 4.78 is 2.96. The number of amides is 1. The number of carbonyl (C=O) groups is 1. The van der Waals surface area contributed by atoms with Crippen molar-refractivity contribution in [1.82, 2.24) is 34.4 Å². The van der Waals surface area contributed by atoms with Gasteiger partial charge < -0.3 is 11.1 Å². The zero-order chi connectivity index (χ0) is 26.8. The van der Waals surface area contributed by atoms with Crippen LogP contribution < -0.4 is 16.6 Å². The van der Waals surface area contributed by atoms with E-state index in [1.807, 2.05) is 61.5 Å². The van der Waals surface area contributed by atoms with E-state index in [1.54, 1.807) is 31.5 Å². The van der Waals surface area contributed by atoms with Crippen LogP contribution in [0.4, 0.5) is 5.82 Å². The van der Waals surface area contributed by atoms with Crippen LogP contribution in [0, 0.1) is 11.8 Å². The minimum absolute atomic E-state index is 0.0567. The Hall–Kier alpha value is -5.01. The molecule has 0 aliphatic heterocycles. The Morgan fingerprint density at radius 2 is 1.92 bits per heavy atom. The van der Waals surface area contributed by atoms with E-state index in [0.717, 1.165) is 0 Å². The molecule has 5 rings (SSSR count). The van der Waals surface area contributed by atoms with Crippen LogP contribution in [0.1, 0.15) is 34.7 Å². The second kappa shape index (κ2) is 10.2. The number of hydrogen-bond acceptors (Lipinski definition) is 7. The zero-order valence-electron chi connectivity index (χ0n) is 21.2. The van der Waals surface area contributed by atoms with Crippen molar-refractivity contribution in [3.8, 4) is 17.5 Å². The van der Waals surface area contributed by atoms with E-state index in [9.17, 15) is 9.59 Å². The highest BCUT2D eigenvalue weighted by molar-refractivity contribution is 6.04. The maximum absolute atomic E-state index is 14.0. The molecule has 10 nitrogen and oxygen atoms in total. The Bertz CT molecular complexity index is 1780. The minimum Gasteiger partial charge on any atom is -0.381 e. The molecule has 10 heteroatoms. The van der Waals surface area contributed by atoms with E-state index in [2.05, 4.69) is 27.2 Å². The number of nitrogens with two attached hydrogens (primary N) is 1. The van der Waals surface area contributed by atoms with Crippen molar-refractivity contribution >= 4 is 28.3 Å². The largest absolute Gasteiger partial charge is 0.381 e. The molecule has 0 saturated heterocycles. The lowest BCUT2D eigenvalue weighted by atomic mass is 10.1. The molecule has 0 fully saturated rings. The van der Waals surface area contributed by atoms with Gasteiger partial charge in [0.2, 0.25) is 0 Å². The predicted octanol–water partition coefficient (Wildman–Crippen LogP) is 2.41. The van der Waals surface area contributed by atoms with E-state index >= 15 is 0 Å². The molecule has 0 spiro atoms. The van der Waals surface area contributed by atoms with Gasteiger partial charge in [-0.15, -0.1) is 5.10 Å². The van der Waals surface area contributed by atoms with Crippen LogP contribution in [0.3, 0.4) is 0 Å². The molecule has 1 amide bonds. The molecule has 3 aromatic heterocycles. The van der Waals surface area contributed by atoms with Crippen LogP contribution in [0.25, 0.3) is 22.2 Å². The first-order chi connectivity index (χ1) is 18.3. The number of nitrogen functional groups attached to an aromatic ring is 1. The van der Waals surface area contributed by atoms with Crippen molar-refractivity contribution in [3.05, 3.63) is 94.3 Å². The fourth-order valence-electron chi connectivity index (χ4n) is 4.22. The average Bonchev–Trinajstić information content (AvgIpc) is 3.24. The van der Waals surface area contributed by atoms with Gasteiger partial charge in [-0.05, 0) is 51.4 Å². The second-order valence-corrected chi connectivity index (χ2v) is 9.03. The third kappa shape index (κ3) is 4.58. The maximum Gasteiger partial charge on any atom is 0.267 e. The monoisotopic (exact) mass is 506 g/mol. The number of nitrogens with one attached hydrogen (secondary N) is 1. The van der Waals surface area contributed by atoms with E-state index < -0.39 is 11.9 Å². The van der Waals surface area contributed by atoms with Crippen LogP contribution in [-0.4, -0.2) is 55.6 Å². The Labute approximate surface area is 218 Å². The van der Waals surface area contributed by atoms with Gasteiger partial charge in [-0.2, -0.15) is 0 Å². The lowest BCUT2D eigenvalue weighted by molar-refractivity contribution is 0.0940. The van der Waals surface area contributed by atoms with Gasteiger partial charge in [0.05, 0.1) is 29.2 Å². The molecule has 0 aliphatic carbocycles. The first-order valence-electron chi connectivity index (χ1n) is 12.0. The van der Waals surface area contributed by atoms with Crippen LogP contribution in [0.15, 0.2) is 71.8 Å². The van der Waals surface area contributed by atoms with Crippen molar-refractivity contribution in [2.24, 2.45) is 0 Å². The van der Waals surface area contributed by atoms with Gasteiger partial charge in [0.25, 0.3) is 11.5 Å². The van der Waals surface area contributed by atoms with Gasteiger partial charge in [-0.3, -0.25) is 19.1 Å². The van der Waals surface area contributed by atoms with E-state index in [1.165, 1.54) is 9.08 Å². The number of nitrogens with zero attached hydrogens (tertiary/aromatic N) is 6. The summed E-state index contributed by atoms with van der Waals surface area (Å²) in [5.74, 6) is 6.16. The molecule has 3 heterocycles. The fraction of sp³-hybridized carbons (Fsp3) is 0.179. The third-order valence-electron chi connectivity index (χ3n) is 5.94. The number of rotatable bonds is 5. The van der Waals surface area contributed by atoms with Crippen molar-refractivity contribution in [2.45, 2.75) is 13.0 Å². The summed E-state index contributed by atoms with van der Waals surface area (Å²) in [7, 11) is 3.86. The normalized spacial score (nSPS) is 11.9. The highest BCUT2D eigenvalue weighted by atomic mass is 16.2. The number of carbonyl (C=O) groups excluding carboxylic acids is 1. The molecule has 1 unspecified atom stereocenters. The Kier molecular flexibility index (Phi) is 6.60. The van der Waals surface area contributed by atoms with E-state index in [0.29, 0.717) is 40.2 Å². The summed E-state index contributed by atoms with van der Waals surface area (Å²) in [5.41, 5.74) is 7.97. The molecule has 5 aromatic rings. The molecule has 38 heavy (non-hydrogen) atoms. The van der Waals surface area contributed by atoms with Crippen LogP contribution >= 0.6 is 0 Å². The van der Waals surface area contributed by atoms with Crippen LogP contribution in [0.5, 0.6) is 0 Å². The quantitative estimate of drug-likeness (QED) is 0.351. The second-order valence-electron chi connectivity index (χ2n) is 9.03. The summed E-state index contributed by atoms with van der Waals surface area (Å²) in [5, 5.41) is 7.51. The molecule has 2 aromatic carbocycles. The number of aromatic nitrogens is 5. The maximum atomic E-state index is 14.0. The first-order valence-corrected chi connectivity index (χ1v) is 12.0. The number of fused-ring (bicyclic) bond motifs is 2. The fourth-order valence-corrected chi connectivity index (χ4v) is 4.22. The van der Waals surface area contributed by atoms with Crippen molar-refractivity contribution in [3.63, 3.8) is 0 Å². The lowest BCUT2D eigenvalue weighted by Gasteiger charge is -2.20. The number of benzene rings is 2. The molecule has 0 aliphatic rings. The van der Waals surface area contributed by atoms with Gasteiger partial charge in [0.15, 0.2) is 11.5 Å². The summed E-state index contributed by atoms with van der Waals surface area (Å²) in [6.07, 6.45) is 3.23.